The molecule has 0 aliphatic heterocycles. The van der Waals surface area contributed by atoms with Crippen molar-refractivity contribution in [1.82, 2.24) is 0 Å². The number of anilines is 1. The molecule has 1 rings (SSSR count). The van der Waals surface area contributed by atoms with Crippen molar-refractivity contribution in [3.63, 3.8) is 0 Å². The van der Waals surface area contributed by atoms with E-state index in [9.17, 15) is 12.8 Å². The van der Waals surface area contributed by atoms with Crippen LogP contribution in [-0.4, -0.2) is 18.7 Å². The van der Waals surface area contributed by atoms with E-state index in [4.69, 9.17) is 17.3 Å². The van der Waals surface area contributed by atoms with E-state index >= 15 is 0 Å². The van der Waals surface area contributed by atoms with Crippen LogP contribution in [0.2, 0.25) is 5.02 Å². The Morgan fingerprint density at radius 3 is 2.65 bits per heavy atom. The summed E-state index contributed by atoms with van der Waals surface area (Å²) in [7, 11) is -3.85. The lowest BCUT2D eigenvalue weighted by Gasteiger charge is -2.13. The van der Waals surface area contributed by atoms with E-state index in [1.54, 1.807) is 0 Å². The van der Waals surface area contributed by atoms with E-state index in [2.05, 4.69) is 16.9 Å². The van der Waals surface area contributed by atoms with Gasteiger partial charge in [0.15, 0.2) is 0 Å². The zero-order valence-electron chi connectivity index (χ0n) is 8.78. The number of halogens is 2. The zero-order valence-corrected chi connectivity index (χ0v) is 11.2. The Bertz CT molecular complexity index is 548. The van der Waals surface area contributed by atoms with Gasteiger partial charge < -0.3 is 5.73 Å². The van der Waals surface area contributed by atoms with Crippen molar-refractivity contribution in [3.8, 4) is 0 Å². The van der Waals surface area contributed by atoms with Gasteiger partial charge in [-0.05, 0) is 25.1 Å². The number of nitrogens with one attached hydrogen (secondary N) is 1. The van der Waals surface area contributed by atoms with Crippen molar-refractivity contribution in [2.24, 2.45) is 5.73 Å². The molecule has 0 aliphatic carbocycles. The van der Waals surface area contributed by atoms with Crippen LogP contribution in [0.3, 0.4) is 0 Å². The molecule has 4 nitrogen and oxygen atoms in total. The molecular formula is C9H10ClFN2O2S2. The maximum atomic E-state index is 13.4. The summed E-state index contributed by atoms with van der Waals surface area (Å²) in [5.41, 5.74) is 5.04. The number of rotatable bonds is 4. The van der Waals surface area contributed by atoms with E-state index in [1.165, 1.54) is 19.1 Å². The summed E-state index contributed by atoms with van der Waals surface area (Å²) in [5.74, 6) is -0.767. The Labute approximate surface area is 109 Å². The second-order valence-electron chi connectivity index (χ2n) is 3.32. The number of thiocarbonyl (C=S) groups is 1. The first kappa shape index (κ1) is 14.1. The van der Waals surface area contributed by atoms with E-state index in [1.807, 2.05) is 0 Å². The normalized spacial score (nSPS) is 13.1. The Morgan fingerprint density at radius 1 is 1.59 bits per heavy atom. The Balaban J connectivity index is 3.02. The molecule has 0 heterocycles. The third-order valence-corrected chi connectivity index (χ3v) is 4.48. The van der Waals surface area contributed by atoms with Gasteiger partial charge in [0.05, 0.1) is 10.7 Å². The first-order valence-electron chi connectivity index (χ1n) is 4.50. The molecular weight excluding hydrogens is 287 g/mol. The molecule has 0 aromatic heterocycles. The van der Waals surface area contributed by atoms with E-state index in [-0.39, 0.29) is 15.7 Å². The van der Waals surface area contributed by atoms with Crippen LogP contribution in [0.25, 0.3) is 0 Å². The van der Waals surface area contributed by atoms with Crippen molar-refractivity contribution in [1.29, 1.82) is 0 Å². The Morgan fingerprint density at radius 2 is 2.18 bits per heavy atom. The molecule has 0 amide bonds. The summed E-state index contributed by atoms with van der Waals surface area (Å²) in [4.78, 5) is -0.188. The van der Waals surface area contributed by atoms with Gasteiger partial charge in [-0.25, -0.2) is 12.8 Å². The number of hydrogen-bond donors (Lipinski definition) is 2. The third kappa shape index (κ3) is 3.52. The highest BCUT2D eigenvalue weighted by Gasteiger charge is 2.24. The van der Waals surface area contributed by atoms with Crippen LogP contribution in [0, 0.1) is 5.82 Å². The van der Waals surface area contributed by atoms with Crippen molar-refractivity contribution < 1.29 is 12.8 Å². The maximum Gasteiger partial charge on any atom is 0.241 e. The Hall–Kier alpha value is -0.920. The fraction of sp³-hybridized carbons (Fsp3) is 0.222. The van der Waals surface area contributed by atoms with Gasteiger partial charge in [-0.1, -0.05) is 23.8 Å². The van der Waals surface area contributed by atoms with Gasteiger partial charge in [-0.2, -0.15) is 0 Å². The zero-order chi connectivity index (χ0) is 13.2. The quantitative estimate of drug-likeness (QED) is 0.832. The molecule has 0 aliphatic rings. The molecule has 0 saturated carbocycles. The van der Waals surface area contributed by atoms with Gasteiger partial charge in [0.25, 0.3) is 0 Å². The Kier molecular flexibility index (Phi) is 4.29. The van der Waals surface area contributed by atoms with Crippen LogP contribution in [0.4, 0.5) is 10.1 Å². The van der Waals surface area contributed by atoms with Crippen LogP contribution in [0.15, 0.2) is 18.2 Å². The van der Waals surface area contributed by atoms with Gasteiger partial charge in [-0.3, -0.25) is 4.72 Å². The molecule has 0 bridgehead atoms. The van der Waals surface area contributed by atoms with Crippen molar-refractivity contribution in [2.45, 2.75) is 12.2 Å². The third-order valence-electron chi connectivity index (χ3n) is 2.05. The van der Waals surface area contributed by atoms with Crippen molar-refractivity contribution >= 4 is 44.5 Å². The molecule has 0 fully saturated rings. The van der Waals surface area contributed by atoms with Crippen LogP contribution < -0.4 is 10.5 Å². The van der Waals surface area contributed by atoms with Crippen molar-refractivity contribution in [2.75, 3.05) is 4.72 Å². The predicted molar refractivity (Wildman–Crippen MR) is 70.2 cm³/mol. The van der Waals surface area contributed by atoms with Gasteiger partial charge in [0.1, 0.15) is 11.1 Å². The van der Waals surface area contributed by atoms with Gasteiger partial charge >= 0.3 is 0 Å². The summed E-state index contributed by atoms with van der Waals surface area (Å²) in [6.45, 7) is 1.32. The highest BCUT2D eigenvalue weighted by Crippen LogP contribution is 2.20. The summed E-state index contributed by atoms with van der Waals surface area (Å²) < 4.78 is 38.8. The summed E-state index contributed by atoms with van der Waals surface area (Å²) in [6, 6.07) is 3.60. The molecule has 1 atom stereocenters. The standard InChI is InChI=1S/C9H10ClFN2O2S2/c1-5(9(12)16)17(14,15)13-8-3-2-6(10)4-7(8)11/h2-5,13H,1H3,(H2,12,16). The lowest BCUT2D eigenvalue weighted by molar-refractivity contribution is 0.596. The van der Waals surface area contributed by atoms with E-state index in [0.717, 1.165) is 6.07 Å². The fourth-order valence-corrected chi connectivity index (χ4v) is 2.46. The van der Waals surface area contributed by atoms with Gasteiger partial charge in [0.2, 0.25) is 10.0 Å². The highest BCUT2D eigenvalue weighted by atomic mass is 35.5. The monoisotopic (exact) mass is 296 g/mol. The van der Waals surface area contributed by atoms with Crippen molar-refractivity contribution in [3.05, 3.63) is 29.0 Å². The van der Waals surface area contributed by atoms with E-state index < -0.39 is 21.1 Å². The number of nitrogens with two attached hydrogens (primary N) is 1. The first-order chi connectivity index (χ1) is 7.74. The van der Waals surface area contributed by atoms with Crippen LogP contribution in [0.1, 0.15) is 6.92 Å². The largest absolute Gasteiger partial charge is 0.392 e. The molecule has 1 unspecified atom stereocenters. The minimum atomic E-state index is -3.85. The first-order valence-corrected chi connectivity index (χ1v) is 6.83. The lowest BCUT2D eigenvalue weighted by Crippen LogP contribution is -2.35. The molecule has 17 heavy (non-hydrogen) atoms. The fourth-order valence-electron chi connectivity index (χ4n) is 0.967. The lowest BCUT2D eigenvalue weighted by atomic mass is 10.3. The van der Waals surface area contributed by atoms with Gasteiger partial charge in [-0.15, -0.1) is 0 Å². The van der Waals surface area contributed by atoms with Crippen LogP contribution in [0.5, 0.6) is 0 Å². The smallest absolute Gasteiger partial charge is 0.241 e. The molecule has 8 heteroatoms. The molecule has 94 valence electrons. The number of benzene rings is 1. The molecule has 0 radical (unpaired) electrons. The average molecular weight is 297 g/mol. The highest BCUT2D eigenvalue weighted by molar-refractivity contribution is 7.95. The minimum absolute atomic E-state index is 0.174. The SMILES string of the molecule is CC(C(N)=S)S(=O)(=O)Nc1ccc(Cl)cc1F. The van der Waals surface area contributed by atoms with E-state index in [0.29, 0.717) is 0 Å². The topological polar surface area (TPSA) is 72.2 Å². The van der Waals surface area contributed by atoms with Gasteiger partial charge in [0, 0.05) is 5.02 Å². The summed E-state index contributed by atoms with van der Waals surface area (Å²) >= 11 is 10.1. The molecule has 0 saturated heterocycles. The predicted octanol–water partition coefficient (Wildman–Crippen LogP) is 1.90. The molecule has 0 spiro atoms. The second kappa shape index (κ2) is 5.16. The van der Waals surface area contributed by atoms with Crippen LogP contribution in [-0.2, 0) is 10.0 Å². The molecule has 3 N–H and O–H groups in total. The molecule has 1 aromatic rings. The van der Waals surface area contributed by atoms with Crippen LogP contribution >= 0.6 is 23.8 Å². The average Bonchev–Trinajstić information content (AvgIpc) is 2.21. The summed E-state index contributed by atoms with van der Waals surface area (Å²) in [5, 5.41) is -0.916. The number of hydrogen-bond acceptors (Lipinski definition) is 3. The minimum Gasteiger partial charge on any atom is -0.392 e. The molecule has 1 aromatic carbocycles. The second-order valence-corrected chi connectivity index (χ2v) is 6.22. The maximum absolute atomic E-state index is 13.4. The summed E-state index contributed by atoms with van der Waals surface area (Å²) in [6.07, 6.45) is 0. The number of sulfonamides is 1.